The maximum absolute atomic E-state index is 13.2. The topological polar surface area (TPSA) is 90.9 Å². The number of carbonyl (C=O) groups is 1. The molecule has 284 valence electrons. The SMILES string of the molecule is CC1(C)O[C@H]2[C@H](OCc3ccccc3)O[C@H](CO[C@@H]3C=C[C@H](OC(=O)C(C)(C)C)[C@@H](COC(c4ccccc4)(c4ccccc4)c4ccccc4)O3)[C@H]2O1. The van der Waals surface area contributed by atoms with Crippen LogP contribution >= 0.6 is 0 Å². The average Bonchev–Trinajstić information content (AvgIpc) is 3.67. The highest BCUT2D eigenvalue weighted by Crippen LogP contribution is 2.42. The van der Waals surface area contributed by atoms with Crippen LogP contribution in [0.4, 0.5) is 0 Å². The lowest BCUT2D eigenvalue weighted by Crippen LogP contribution is -2.46. The van der Waals surface area contributed by atoms with Crippen molar-refractivity contribution in [2.75, 3.05) is 13.2 Å². The number of hydrogen-bond acceptors (Lipinski definition) is 9. The summed E-state index contributed by atoms with van der Waals surface area (Å²) in [6.45, 7) is 9.82. The number of rotatable bonds is 13. The third-order valence-corrected chi connectivity index (χ3v) is 9.78. The Hall–Kier alpha value is -4.19. The molecule has 7 atom stereocenters. The highest BCUT2D eigenvalue weighted by Gasteiger charge is 2.56. The Kier molecular flexibility index (Phi) is 11.5. The summed E-state index contributed by atoms with van der Waals surface area (Å²) in [5, 5.41) is 0. The van der Waals surface area contributed by atoms with E-state index in [0.29, 0.717) is 6.61 Å². The molecule has 3 aliphatic rings. The summed E-state index contributed by atoms with van der Waals surface area (Å²) in [5.74, 6) is -1.15. The van der Waals surface area contributed by atoms with Gasteiger partial charge in [0.25, 0.3) is 0 Å². The smallest absolute Gasteiger partial charge is 0.311 e. The Balaban J connectivity index is 1.11. The quantitative estimate of drug-likeness (QED) is 0.0779. The molecule has 3 aliphatic heterocycles. The van der Waals surface area contributed by atoms with E-state index >= 15 is 0 Å². The van der Waals surface area contributed by atoms with Crippen molar-refractivity contribution in [1.82, 2.24) is 0 Å². The number of ether oxygens (including phenoxy) is 8. The molecule has 0 bridgehead atoms. The summed E-state index contributed by atoms with van der Waals surface area (Å²) in [6, 6.07) is 40.3. The van der Waals surface area contributed by atoms with E-state index in [1.54, 1.807) is 6.08 Å². The van der Waals surface area contributed by atoms with Crippen molar-refractivity contribution in [1.29, 1.82) is 0 Å². The molecular weight excluding hydrogens is 684 g/mol. The molecule has 0 amide bonds. The molecule has 0 radical (unpaired) electrons. The van der Waals surface area contributed by atoms with E-state index in [0.717, 1.165) is 22.3 Å². The van der Waals surface area contributed by atoms with Gasteiger partial charge in [-0.15, -0.1) is 0 Å². The Morgan fingerprint density at radius 2 is 1.19 bits per heavy atom. The van der Waals surface area contributed by atoms with Gasteiger partial charge in [-0.3, -0.25) is 4.79 Å². The highest BCUT2D eigenvalue weighted by molar-refractivity contribution is 5.75. The molecule has 54 heavy (non-hydrogen) atoms. The molecule has 0 unspecified atom stereocenters. The van der Waals surface area contributed by atoms with Crippen molar-refractivity contribution in [3.8, 4) is 0 Å². The fraction of sp³-hybridized carbons (Fsp3) is 0.400. The van der Waals surface area contributed by atoms with Crippen LogP contribution in [0, 0.1) is 5.41 Å². The molecular formula is C45H50O9. The van der Waals surface area contributed by atoms with Crippen molar-refractivity contribution in [2.45, 2.75) is 95.7 Å². The second kappa shape index (κ2) is 16.3. The molecule has 0 N–H and O–H groups in total. The van der Waals surface area contributed by atoms with Crippen LogP contribution in [0.25, 0.3) is 0 Å². The van der Waals surface area contributed by atoms with Crippen LogP contribution in [0.3, 0.4) is 0 Å². The van der Waals surface area contributed by atoms with Crippen LogP contribution in [0.1, 0.15) is 56.9 Å². The average molecular weight is 735 g/mol. The van der Waals surface area contributed by atoms with Gasteiger partial charge < -0.3 is 37.9 Å². The van der Waals surface area contributed by atoms with E-state index in [-0.39, 0.29) is 19.2 Å². The van der Waals surface area contributed by atoms with Crippen molar-refractivity contribution >= 4 is 5.97 Å². The molecule has 0 saturated carbocycles. The molecule has 0 spiro atoms. The summed E-state index contributed by atoms with van der Waals surface area (Å²) < 4.78 is 51.2. The summed E-state index contributed by atoms with van der Waals surface area (Å²) in [5.41, 5.74) is 2.15. The van der Waals surface area contributed by atoms with Crippen LogP contribution in [0.5, 0.6) is 0 Å². The van der Waals surface area contributed by atoms with Crippen LogP contribution in [-0.4, -0.2) is 68.1 Å². The molecule has 4 aromatic carbocycles. The Bertz CT molecular complexity index is 1730. The zero-order chi connectivity index (χ0) is 37.8. The van der Waals surface area contributed by atoms with Crippen LogP contribution in [0.15, 0.2) is 133 Å². The van der Waals surface area contributed by atoms with E-state index in [2.05, 4.69) is 36.4 Å². The molecule has 0 aromatic heterocycles. The predicted molar refractivity (Wildman–Crippen MR) is 202 cm³/mol. The van der Waals surface area contributed by atoms with Gasteiger partial charge in [-0.2, -0.15) is 0 Å². The monoisotopic (exact) mass is 734 g/mol. The molecule has 0 aliphatic carbocycles. The van der Waals surface area contributed by atoms with E-state index in [1.807, 2.05) is 126 Å². The third kappa shape index (κ3) is 8.53. The second-order valence-corrected chi connectivity index (χ2v) is 15.4. The van der Waals surface area contributed by atoms with Gasteiger partial charge in [0, 0.05) is 0 Å². The zero-order valence-corrected chi connectivity index (χ0v) is 31.5. The standard InChI is InChI=1S/C45H50O9/c1-43(2,3)42(46)52-35-26-27-38(47-29-37-39-40(54-44(4,5)53-39)41(51-37)48-28-31-18-10-6-11-19-31)50-36(35)30-49-45(32-20-12-7-13-21-32,33-22-14-8-15-23-33)34-24-16-9-17-25-34/h6-27,35-41H,28-30H2,1-5H3/t35-,36+,37+,38-,39+,40+,41+/m0/s1. The van der Waals surface area contributed by atoms with Crippen molar-refractivity contribution in [2.24, 2.45) is 5.41 Å². The summed E-state index contributed by atoms with van der Waals surface area (Å²) in [4.78, 5) is 13.2. The number of benzene rings is 4. The Morgan fingerprint density at radius 1 is 0.648 bits per heavy atom. The first-order valence-corrected chi connectivity index (χ1v) is 18.7. The summed E-state index contributed by atoms with van der Waals surface area (Å²) >= 11 is 0. The number of fused-ring (bicyclic) bond motifs is 1. The lowest BCUT2D eigenvalue weighted by Gasteiger charge is -2.39. The third-order valence-electron chi connectivity index (χ3n) is 9.78. The maximum atomic E-state index is 13.2. The van der Waals surface area contributed by atoms with E-state index in [9.17, 15) is 4.79 Å². The van der Waals surface area contributed by atoms with Gasteiger partial charge in [0.05, 0.1) is 25.2 Å². The largest absolute Gasteiger partial charge is 0.455 e. The van der Waals surface area contributed by atoms with Crippen LogP contribution in [0.2, 0.25) is 0 Å². The zero-order valence-electron chi connectivity index (χ0n) is 31.5. The molecule has 7 rings (SSSR count). The molecule has 9 heteroatoms. The van der Waals surface area contributed by atoms with Gasteiger partial charge in [0.2, 0.25) is 0 Å². The van der Waals surface area contributed by atoms with Gasteiger partial charge in [-0.05, 0) is 69.0 Å². The predicted octanol–water partition coefficient (Wildman–Crippen LogP) is 7.71. The Morgan fingerprint density at radius 3 is 1.74 bits per heavy atom. The van der Waals surface area contributed by atoms with Crippen LogP contribution in [-0.2, 0) is 54.9 Å². The van der Waals surface area contributed by atoms with E-state index < -0.39 is 59.9 Å². The normalized spacial score (nSPS) is 26.4. The van der Waals surface area contributed by atoms with Gasteiger partial charge in [-0.1, -0.05) is 121 Å². The van der Waals surface area contributed by atoms with Gasteiger partial charge in [-0.25, -0.2) is 0 Å². The number of hydrogen-bond donors (Lipinski definition) is 0. The molecule has 3 heterocycles. The fourth-order valence-electron chi connectivity index (χ4n) is 7.09. The van der Waals surface area contributed by atoms with Crippen molar-refractivity contribution in [3.63, 3.8) is 0 Å². The first kappa shape index (κ1) is 38.1. The van der Waals surface area contributed by atoms with Crippen molar-refractivity contribution < 1.29 is 42.7 Å². The minimum atomic E-state index is -1.00. The first-order valence-electron chi connectivity index (χ1n) is 18.7. The molecule has 4 aromatic rings. The summed E-state index contributed by atoms with van der Waals surface area (Å²) in [7, 11) is 0. The fourth-order valence-corrected chi connectivity index (χ4v) is 7.09. The molecule has 2 saturated heterocycles. The second-order valence-electron chi connectivity index (χ2n) is 15.4. The van der Waals surface area contributed by atoms with Gasteiger partial charge in [0.15, 0.2) is 18.4 Å². The lowest BCUT2D eigenvalue weighted by atomic mass is 9.80. The lowest BCUT2D eigenvalue weighted by molar-refractivity contribution is -0.251. The van der Waals surface area contributed by atoms with Crippen molar-refractivity contribution in [3.05, 3.63) is 156 Å². The molecule has 9 nitrogen and oxygen atoms in total. The van der Waals surface area contributed by atoms with Gasteiger partial charge in [0.1, 0.15) is 36.1 Å². The minimum absolute atomic E-state index is 0.0656. The first-order chi connectivity index (χ1) is 26.0. The van der Waals surface area contributed by atoms with Gasteiger partial charge >= 0.3 is 5.97 Å². The maximum Gasteiger partial charge on any atom is 0.311 e. The van der Waals surface area contributed by atoms with Crippen LogP contribution < -0.4 is 0 Å². The minimum Gasteiger partial charge on any atom is -0.455 e. The Labute approximate surface area is 318 Å². The number of carbonyl (C=O) groups excluding carboxylic acids is 1. The molecule has 2 fully saturated rings. The summed E-state index contributed by atoms with van der Waals surface area (Å²) in [6.07, 6.45) is -0.603. The van der Waals surface area contributed by atoms with E-state index in [4.69, 9.17) is 37.9 Å². The highest BCUT2D eigenvalue weighted by atomic mass is 16.8. The number of esters is 1. The van der Waals surface area contributed by atoms with E-state index in [1.165, 1.54) is 0 Å².